The Morgan fingerprint density at radius 2 is 1.45 bits per heavy atom. The minimum Gasteiger partial charge on any atom is -0.256 e. The lowest BCUT2D eigenvalue weighted by Gasteiger charge is -2.44. The van der Waals surface area contributed by atoms with Crippen molar-refractivity contribution in [3.05, 3.63) is 52.7 Å². The van der Waals surface area contributed by atoms with Gasteiger partial charge in [-0.15, -0.1) is 0 Å². The molecule has 2 atom stereocenters. The van der Waals surface area contributed by atoms with Crippen LogP contribution in [0.25, 0.3) is 11.3 Å². The summed E-state index contributed by atoms with van der Waals surface area (Å²) in [6, 6.07) is 9.56. The van der Waals surface area contributed by atoms with Crippen LogP contribution in [0.15, 0.2) is 30.5 Å². The summed E-state index contributed by atoms with van der Waals surface area (Å²) in [5, 5.41) is 0. The maximum Gasteiger partial charge on any atom is 0.0705 e. The molecule has 2 aromatic rings. The van der Waals surface area contributed by atoms with E-state index in [0.717, 1.165) is 5.69 Å². The third-order valence-corrected chi connectivity index (χ3v) is 10.9. The summed E-state index contributed by atoms with van der Waals surface area (Å²) >= 11 is 0. The summed E-state index contributed by atoms with van der Waals surface area (Å²) in [6.07, 6.45) is 4.83. The van der Waals surface area contributed by atoms with Crippen molar-refractivity contribution in [2.45, 2.75) is 97.3 Å². The molecule has 29 heavy (non-hydrogen) atoms. The van der Waals surface area contributed by atoms with Crippen LogP contribution in [0.4, 0.5) is 0 Å². The van der Waals surface area contributed by atoms with Gasteiger partial charge in [0.15, 0.2) is 0 Å². The summed E-state index contributed by atoms with van der Waals surface area (Å²) < 4.78 is 0. The zero-order chi connectivity index (χ0) is 21.2. The van der Waals surface area contributed by atoms with Crippen molar-refractivity contribution in [3.63, 3.8) is 0 Å². The third kappa shape index (κ3) is 1.96. The second kappa shape index (κ2) is 5.16. The highest BCUT2D eigenvalue weighted by Gasteiger charge is 2.59. The molecular weight excluding hydrogens is 350 g/mol. The predicted octanol–water partition coefficient (Wildman–Crippen LogP) is 7.52. The first-order valence-electron chi connectivity index (χ1n) is 11.4. The summed E-state index contributed by atoms with van der Waals surface area (Å²) in [6.45, 7) is 21.9. The van der Waals surface area contributed by atoms with Crippen LogP contribution >= 0.6 is 0 Å². The highest BCUT2D eigenvalue weighted by molar-refractivity contribution is 5.67. The zero-order valence-electron chi connectivity index (χ0n) is 19.8. The molecule has 0 amide bonds. The molecular formula is C28H37N. The van der Waals surface area contributed by atoms with Gasteiger partial charge < -0.3 is 0 Å². The standard InChI is InChI=1S/C28H37N/c1-24(2)20-11-10-17(14-21(20)25(3,4)27(24,7)8)23-15-18-19-12-13-28(9,26(19,5)6)22(18)16-29-23/h10-11,14-16,19H,12-13H2,1-9H3. The lowest BCUT2D eigenvalue weighted by atomic mass is 9.59. The molecule has 0 N–H and O–H groups in total. The number of nitrogens with zero attached hydrogens (tertiary/aromatic N) is 1. The van der Waals surface area contributed by atoms with Gasteiger partial charge >= 0.3 is 0 Å². The Balaban J connectivity index is 1.64. The maximum absolute atomic E-state index is 5.00. The van der Waals surface area contributed by atoms with Gasteiger partial charge in [0, 0.05) is 11.8 Å². The van der Waals surface area contributed by atoms with Gasteiger partial charge in [-0.1, -0.05) is 74.4 Å². The van der Waals surface area contributed by atoms with Gasteiger partial charge in [-0.05, 0) is 80.2 Å². The maximum atomic E-state index is 5.00. The number of pyridine rings is 1. The van der Waals surface area contributed by atoms with E-state index in [1.54, 1.807) is 5.56 Å². The molecule has 1 heterocycles. The molecule has 0 spiro atoms. The Hall–Kier alpha value is -1.63. The highest BCUT2D eigenvalue weighted by atomic mass is 14.7. The van der Waals surface area contributed by atoms with Crippen molar-refractivity contribution in [2.75, 3.05) is 0 Å². The van der Waals surface area contributed by atoms with Crippen molar-refractivity contribution in [1.29, 1.82) is 0 Å². The second-order valence-electron chi connectivity index (χ2n) is 12.4. The molecule has 5 rings (SSSR count). The minimum absolute atomic E-state index is 0.132. The summed E-state index contributed by atoms with van der Waals surface area (Å²) in [4.78, 5) is 5.00. The van der Waals surface area contributed by atoms with E-state index in [4.69, 9.17) is 4.98 Å². The minimum atomic E-state index is 0.132. The third-order valence-electron chi connectivity index (χ3n) is 10.9. The Kier molecular flexibility index (Phi) is 3.44. The highest BCUT2D eigenvalue weighted by Crippen LogP contribution is 2.68. The zero-order valence-corrected chi connectivity index (χ0v) is 19.8. The van der Waals surface area contributed by atoms with Crippen molar-refractivity contribution >= 4 is 0 Å². The number of hydrogen-bond acceptors (Lipinski definition) is 1. The normalized spacial score (nSPS) is 31.6. The Bertz CT molecular complexity index is 1040. The first-order chi connectivity index (χ1) is 13.3. The van der Waals surface area contributed by atoms with Gasteiger partial charge in [-0.25, -0.2) is 0 Å². The molecule has 2 bridgehead atoms. The van der Waals surface area contributed by atoms with Crippen molar-refractivity contribution in [3.8, 4) is 11.3 Å². The van der Waals surface area contributed by atoms with E-state index in [9.17, 15) is 0 Å². The fourth-order valence-corrected chi connectivity index (χ4v) is 7.13. The van der Waals surface area contributed by atoms with Gasteiger partial charge in [-0.3, -0.25) is 4.98 Å². The van der Waals surface area contributed by atoms with Crippen molar-refractivity contribution < 1.29 is 0 Å². The second-order valence-corrected chi connectivity index (χ2v) is 12.4. The number of rotatable bonds is 1. The van der Waals surface area contributed by atoms with Crippen molar-refractivity contribution in [1.82, 2.24) is 4.98 Å². The molecule has 2 unspecified atom stereocenters. The first-order valence-corrected chi connectivity index (χ1v) is 11.4. The van der Waals surface area contributed by atoms with E-state index in [1.165, 1.54) is 35.1 Å². The van der Waals surface area contributed by atoms with Crippen LogP contribution in [0.1, 0.15) is 103 Å². The number of fused-ring (bicyclic) bond motifs is 6. The molecule has 1 aromatic heterocycles. The number of aromatic nitrogens is 1. The van der Waals surface area contributed by atoms with Crippen LogP contribution in [-0.4, -0.2) is 4.98 Å². The molecule has 1 aromatic carbocycles. The fourth-order valence-electron chi connectivity index (χ4n) is 7.13. The van der Waals surface area contributed by atoms with E-state index < -0.39 is 0 Å². The average Bonchev–Trinajstić information content (AvgIpc) is 3.03. The topological polar surface area (TPSA) is 12.9 Å². The van der Waals surface area contributed by atoms with Gasteiger partial charge in [-0.2, -0.15) is 0 Å². The summed E-state index contributed by atoms with van der Waals surface area (Å²) in [5.41, 5.74) is 9.61. The lowest BCUT2D eigenvalue weighted by molar-refractivity contribution is 0.125. The summed E-state index contributed by atoms with van der Waals surface area (Å²) in [5.74, 6) is 0.674. The Labute approximate surface area is 177 Å². The molecule has 0 aliphatic heterocycles. The average molecular weight is 388 g/mol. The van der Waals surface area contributed by atoms with Crippen LogP contribution in [0.3, 0.4) is 0 Å². The predicted molar refractivity (Wildman–Crippen MR) is 123 cm³/mol. The van der Waals surface area contributed by atoms with Crippen LogP contribution in [0, 0.1) is 10.8 Å². The van der Waals surface area contributed by atoms with E-state index >= 15 is 0 Å². The largest absolute Gasteiger partial charge is 0.256 e. The van der Waals surface area contributed by atoms with E-state index in [1.807, 2.05) is 0 Å². The molecule has 0 radical (unpaired) electrons. The Morgan fingerprint density at radius 1 is 0.793 bits per heavy atom. The van der Waals surface area contributed by atoms with Crippen LogP contribution in [0.2, 0.25) is 0 Å². The van der Waals surface area contributed by atoms with Crippen LogP contribution in [-0.2, 0) is 16.2 Å². The van der Waals surface area contributed by atoms with Gasteiger partial charge in [0.1, 0.15) is 0 Å². The molecule has 1 saturated carbocycles. The molecule has 154 valence electrons. The molecule has 3 aliphatic rings. The summed E-state index contributed by atoms with van der Waals surface area (Å²) in [7, 11) is 0. The van der Waals surface area contributed by atoms with E-state index in [2.05, 4.69) is 92.8 Å². The van der Waals surface area contributed by atoms with E-state index in [-0.39, 0.29) is 21.7 Å². The Morgan fingerprint density at radius 3 is 2.14 bits per heavy atom. The molecule has 0 saturated heterocycles. The smallest absolute Gasteiger partial charge is 0.0705 e. The molecule has 1 nitrogen and oxygen atoms in total. The molecule has 1 fully saturated rings. The molecule has 1 heteroatoms. The monoisotopic (exact) mass is 387 g/mol. The SMILES string of the molecule is CC1(C)c2ccc(-c3cc4c(cn3)C3(C)CCC4C3(C)C)cc2C(C)(C)C1(C)C. The fraction of sp³-hybridized carbons (Fsp3) is 0.607. The molecule has 3 aliphatic carbocycles. The lowest BCUT2D eigenvalue weighted by Crippen LogP contribution is -2.42. The van der Waals surface area contributed by atoms with E-state index in [0.29, 0.717) is 11.3 Å². The van der Waals surface area contributed by atoms with Gasteiger partial charge in [0.25, 0.3) is 0 Å². The number of benzene rings is 1. The first kappa shape index (κ1) is 19.3. The number of hydrogen-bond donors (Lipinski definition) is 0. The van der Waals surface area contributed by atoms with Gasteiger partial charge in [0.05, 0.1) is 5.69 Å². The van der Waals surface area contributed by atoms with Crippen LogP contribution in [0.5, 0.6) is 0 Å². The van der Waals surface area contributed by atoms with Crippen LogP contribution < -0.4 is 0 Å². The van der Waals surface area contributed by atoms with Crippen molar-refractivity contribution in [2.24, 2.45) is 10.8 Å². The quantitative estimate of drug-likeness (QED) is 0.493. The van der Waals surface area contributed by atoms with Gasteiger partial charge in [0.2, 0.25) is 0 Å².